The Morgan fingerprint density at radius 2 is 1.76 bits per heavy atom. The number of likely N-dealkylation sites (N-methyl/N-ethyl adjacent to an activating group) is 1. The highest BCUT2D eigenvalue weighted by Gasteiger charge is 2.21. The molecule has 2 heterocycles. The molecule has 1 N–H and O–H groups in total. The monoisotopic (exact) mass is 454 g/mol. The number of benzene rings is 2. The van der Waals surface area contributed by atoms with Crippen molar-refractivity contribution in [2.45, 2.75) is 31.7 Å². The van der Waals surface area contributed by atoms with Crippen molar-refractivity contribution in [3.8, 4) is 0 Å². The normalized spacial score (nSPS) is 14.8. The number of hydrogen-bond donors (Lipinski definition) is 1. The van der Waals surface area contributed by atoms with E-state index in [9.17, 15) is 0 Å². The summed E-state index contributed by atoms with van der Waals surface area (Å²) in [6.45, 7) is 9.76. The van der Waals surface area contributed by atoms with Gasteiger partial charge in [0, 0.05) is 50.2 Å². The maximum absolute atomic E-state index is 4.74. The van der Waals surface area contributed by atoms with E-state index in [4.69, 9.17) is 4.98 Å². The van der Waals surface area contributed by atoms with Gasteiger partial charge < -0.3 is 15.1 Å². The maximum atomic E-state index is 4.74. The zero-order valence-electron chi connectivity index (χ0n) is 20.7. The van der Waals surface area contributed by atoms with E-state index in [1.54, 1.807) is 0 Å². The van der Waals surface area contributed by atoms with Gasteiger partial charge in [-0.25, -0.2) is 0 Å². The highest BCUT2D eigenvalue weighted by atomic mass is 15.1. The van der Waals surface area contributed by atoms with E-state index in [1.165, 1.54) is 40.8 Å². The van der Waals surface area contributed by atoms with Crippen molar-refractivity contribution in [3.05, 3.63) is 107 Å². The second-order valence-corrected chi connectivity index (χ2v) is 9.47. The van der Waals surface area contributed by atoms with Crippen LogP contribution in [0, 0.1) is 0 Å². The van der Waals surface area contributed by atoms with Crippen LogP contribution in [-0.4, -0.2) is 55.1 Å². The second-order valence-electron chi connectivity index (χ2n) is 9.47. The number of likely N-dealkylation sites (tertiary alicyclic amines) is 1. The molecule has 0 amide bonds. The zero-order valence-corrected chi connectivity index (χ0v) is 20.7. The number of aromatic nitrogens is 1. The molecule has 3 aromatic rings. The van der Waals surface area contributed by atoms with Gasteiger partial charge in [-0.05, 0) is 79.9 Å². The first-order valence-electron chi connectivity index (χ1n) is 12.5. The highest BCUT2D eigenvalue weighted by Crippen LogP contribution is 2.28. The first-order valence-corrected chi connectivity index (χ1v) is 12.5. The smallest absolute Gasteiger partial charge is 0.0438 e. The molecule has 4 heteroatoms. The van der Waals surface area contributed by atoms with Crippen LogP contribution in [0.5, 0.6) is 0 Å². The minimum Gasteiger partial charge on any atom is -0.370 e. The average Bonchev–Trinajstić information content (AvgIpc) is 2.88. The molecule has 1 aromatic heterocycles. The van der Waals surface area contributed by atoms with Crippen LogP contribution in [0.2, 0.25) is 0 Å². The molecule has 1 saturated heterocycles. The number of rotatable bonds is 10. The molecule has 4 rings (SSSR count). The Balaban J connectivity index is 1.36. The van der Waals surface area contributed by atoms with Gasteiger partial charge in [0.25, 0.3) is 0 Å². The van der Waals surface area contributed by atoms with Gasteiger partial charge in [0.05, 0.1) is 0 Å². The van der Waals surface area contributed by atoms with Gasteiger partial charge >= 0.3 is 0 Å². The average molecular weight is 455 g/mol. The topological polar surface area (TPSA) is 31.4 Å². The van der Waals surface area contributed by atoms with Crippen molar-refractivity contribution >= 4 is 5.70 Å². The lowest BCUT2D eigenvalue weighted by Gasteiger charge is -2.31. The Bertz CT molecular complexity index is 1050. The van der Waals surface area contributed by atoms with Gasteiger partial charge in [-0.15, -0.1) is 0 Å². The molecule has 0 radical (unpaired) electrons. The molecule has 0 spiro atoms. The molecule has 4 nitrogen and oxygen atoms in total. The number of hydrogen-bond acceptors (Lipinski definition) is 4. The molecule has 0 saturated carbocycles. The first kappa shape index (κ1) is 24.2. The molecular formula is C30H38N4. The van der Waals surface area contributed by atoms with E-state index >= 15 is 0 Å². The van der Waals surface area contributed by atoms with Crippen LogP contribution in [0.15, 0.2) is 79.5 Å². The second kappa shape index (κ2) is 12.0. The Morgan fingerprint density at radius 1 is 1.00 bits per heavy atom. The van der Waals surface area contributed by atoms with Crippen molar-refractivity contribution in [1.29, 1.82) is 0 Å². The minimum atomic E-state index is 0.564. The molecule has 0 bridgehead atoms. The zero-order chi connectivity index (χ0) is 23.8. The van der Waals surface area contributed by atoms with Gasteiger partial charge in [-0.2, -0.15) is 0 Å². The van der Waals surface area contributed by atoms with Crippen molar-refractivity contribution < 1.29 is 0 Å². The predicted molar refractivity (Wildman–Crippen MR) is 143 cm³/mol. The summed E-state index contributed by atoms with van der Waals surface area (Å²) in [4.78, 5) is 9.55. The molecule has 1 fully saturated rings. The molecule has 1 aliphatic rings. The maximum Gasteiger partial charge on any atom is 0.0438 e. The van der Waals surface area contributed by atoms with Crippen LogP contribution < -0.4 is 5.32 Å². The summed E-state index contributed by atoms with van der Waals surface area (Å²) in [5.74, 6) is 0.564. The number of piperidine rings is 1. The lowest BCUT2D eigenvalue weighted by atomic mass is 9.92. The van der Waals surface area contributed by atoms with Gasteiger partial charge in [0.2, 0.25) is 0 Å². The predicted octanol–water partition coefficient (Wildman–Crippen LogP) is 5.17. The summed E-state index contributed by atoms with van der Waals surface area (Å²) in [6.07, 6.45) is 5.30. The standard InChI is InChI=1S/C30H38N4/c1-24(29-11-7-10-26(21-29)20-25-8-5-4-6-9-25)33(3)23-27-12-15-32-30(22-27)28-13-17-34(18-14-28)19-16-31-2/h4-12,15,21-22,28,31H,1,13-14,16-20,23H2,2-3H3. The van der Waals surface area contributed by atoms with E-state index in [2.05, 4.69) is 95.5 Å². The highest BCUT2D eigenvalue weighted by molar-refractivity contribution is 5.62. The van der Waals surface area contributed by atoms with Crippen LogP contribution in [0.4, 0.5) is 0 Å². The van der Waals surface area contributed by atoms with Crippen molar-refractivity contribution in [2.24, 2.45) is 0 Å². The molecule has 2 aromatic carbocycles. The number of nitrogens with one attached hydrogen (secondary N) is 1. The molecular weight excluding hydrogens is 416 g/mol. The summed E-state index contributed by atoms with van der Waals surface area (Å²) in [7, 11) is 4.15. The van der Waals surface area contributed by atoms with E-state index in [1.807, 2.05) is 13.2 Å². The third-order valence-corrected chi connectivity index (χ3v) is 6.92. The van der Waals surface area contributed by atoms with Crippen LogP contribution in [0.25, 0.3) is 5.70 Å². The van der Waals surface area contributed by atoms with Gasteiger partial charge in [0.15, 0.2) is 0 Å². The Hall–Kier alpha value is -2.95. The molecule has 0 atom stereocenters. The summed E-state index contributed by atoms with van der Waals surface area (Å²) in [5, 5.41) is 3.25. The van der Waals surface area contributed by atoms with Crippen LogP contribution in [0.1, 0.15) is 46.7 Å². The van der Waals surface area contributed by atoms with Crippen LogP contribution >= 0.6 is 0 Å². The number of nitrogens with zero attached hydrogens (tertiary/aromatic N) is 3. The first-order chi connectivity index (χ1) is 16.6. The lowest BCUT2D eigenvalue weighted by molar-refractivity contribution is 0.212. The van der Waals surface area contributed by atoms with E-state index < -0.39 is 0 Å². The van der Waals surface area contributed by atoms with Gasteiger partial charge in [-0.1, -0.05) is 55.1 Å². The van der Waals surface area contributed by atoms with Crippen molar-refractivity contribution in [3.63, 3.8) is 0 Å². The molecule has 178 valence electrons. The van der Waals surface area contributed by atoms with E-state index in [0.717, 1.165) is 44.8 Å². The fourth-order valence-electron chi connectivity index (χ4n) is 4.82. The third kappa shape index (κ3) is 6.55. The SMILES string of the molecule is C=C(c1cccc(Cc2ccccc2)c1)N(C)Cc1ccnc(C2CCN(CCNC)CC2)c1. The fraction of sp³-hybridized carbons (Fsp3) is 0.367. The van der Waals surface area contributed by atoms with E-state index in [-0.39, 0.29) is 0 Å². The molecule has 0 aliphatic carbocycles. The molecule has 0 unspecified atom stereocenters. The Labute approximate surface area is 205 Å². The number of pyridine rings is 1. The minimum absolute atomic E-state index is 0.564. The van der Waals surface area contributed by atoms with Gasteiger partial charge in [-0.3, -0.25) is 4.98 Å². The molecule has 1 aliphatic heterocycles. The van der Waals surface area contributed by atoms with Crippen molar-refractivity contribution in [1.82, 2.24) is 20.1 Å². The largest absolute Gasteiger partial charge is 0.370 e. The van der Waals surface area contributed by atoms with Crippen molar-refractivity contribution in [2.75, 3.05) is 40.3 Å². The summed E-state index contributed by atoms with van der Waals surface area (Å²) < 4.78 is 0. The summed E-state index contributed by atoms with van der Waals surface area (Å²) in [6, 6.07) is 23.8. The summed E-state index contributed by atoms with van der Waals surface area (Å²) in [5.41, 5.74) is 7.41. The molecule has 34 heavy (non-hydrogen) atoms. The summed E-state index contributed by atoms with van der Waals surface area (Å²) >= 11 is 0. The Kier molecular flexibility index (Phi) is 8.51. The van der Waals surface area contributed by atoms with Gasteiger partial charge in [0.1, 0.15) is 0 Å². The van der Waals surface area contributed by atoms with Crippen LogP contribution in [0.3, 0.4) is 0 Å². The quantitative estimate of drug-likeness (QED) is 0.458. The third-order valence-electron chi connectivity index (χ3n) is 6.92. The van der Waals surface area contributed by atoms with Crippen LogP contribution in [-0.2, 0) is 13.0 Å². The Morgan fingerprint density at radius 3 is 2.53 bits per heavy atom. The lowest BCUT2D eigenvalue weighted by Crippen LogP contribution is -2.37. The fourth-order valence-corrected chi connectivity index (χ4v) is 4.82. The van der Waals surface area contributed by atoms with E-state index in [0.29, 0.717) is 5.92 Å².